The van der Waals surface area contributed by atoms with E-state index in [1.165, 1.54) is 11.8 Å². The van der Waals surface area contributed by atoms with Crippen molar-refractivity contribution in [3.8, 4) is 0 Å². The number of hydrogen-bond donors (Lipinski definition) is 1. The third kappa shape index (κ3) is 3.62. The Hall–Kier alpha value is -1.86. The fourth-order valence-electron chi connectivity index (χ4n) is 1.67. The number of pyridine rings is 1. The van der Waals surface area contributed by atoms with E-state index in [1.807, 2.05) is 24.3 Å². The van der Waals surface area contributed by atoms with Crippen LogP contribution in [0.15, 0.2) is 56.7 Å². The van der Waals surface area contributed by atoms with Crippen LogP contribution in [0.2, 0.25) is 0 Å². The molecule has 0 bridgehead atoms. The van der Waals surface area contributed by atoms with Crippen LogP contribution < -0.4 is 5.32 Å². The molecule has 5 nitrogen and oxygen atoms in total. The highest BCUT2D eigenvalue weighted by Gasteiger charge is 2.09. The molecule has 0 saturated carbocycles. The van der Waals surface area contributed by atoms with Gasteiger partial charge in [0.25, 0.3) is 5.22 Å². The van der Waals surface area contributed by atoms with Gasteiger partial charge in [-0.15, -0.1) is 0 Å². The van der Waals surface area contributed by atoms with Crippen molar-refractivity contribution in [1.82, 2.24) is 9.97 Å². The van der Waals surface area contributed by atoms with Gasteiger partial charge in [-0.3, -0.25) is 4.79 Å². The first-order valence-corrected chi connectivity index (χ1v) is 7.88. The summed E-state index contributed by atoms with van der Waals surface area (Å²) in [6, 6.07) is 11.0. The van der Waals surface area contributed by atoms with Crippen LogP contribution in [0.3, 0.4) is 0 Å². The number of anilines is 1. The average molecular weight is 364 g/mol. The molecule has 2 heterocycles. The van der Waals surface area contributed by atoms with Crippen molar-refractivity contribution in [2.45, 2.75) is 5.22 Å². The van der Waals surface area contributed by atoms with Gasteiger partial charge in [-0.05, 0) is 36.4 Å². The van der Waals surface area contributed by atoms with Crippen LogP contribution in [-0.2, 0) is 4.79 Å². The number of thioether (sulfide) groups is 1. The predicted octanol–water partition coefficient (Wildman–Crippen LogP) is 3.72. The number of carbonyl (C=O) groups excluding carboxylic acids is 1. The van der Waals surface area contributed by atoms with E-state index in [4.69, 9.17) is 4.42 Å². The molecule has 0 aliphatic rings. The summed E-state index contributed by atoms with van der Waals surface area (Å²) in [4.78, 5) is 20.1. The second-order valence-corrected chi connectivity index (χ2v) is 5.99. The molecule has 7 heteroatoms. The normalized spacial score (nSPS) is 10.7. The van der Waals surface area contributed by atoms with Gasteiger partial charge in [-0.25, -0.2) is 4.98 Å². The zero-order chi connectivity index (χ0) is 14.7. The highest BCUT2D eigenvalue weighted by molar-refractivity contribution is 9.10. The van der Waals surface area contributed by atoms with Crippen molar-refractivity contribution in [2.75, 3.05) is 11.1 Å². The first-order chi connectivity index (χ1) is 10.2. The summed E-state index contributed by atoms with van der Waals surface area (Å²) in [5.41, 5.74) is 1.92. The molecule has 0 atom stereocenters. The summed E-state index contributed by atoms with van der Waals surface area (Å²) in [5.74, 6) is 0.112. The van der Waals surface area contributed by atoms with Gasteiger partial charge in [-0.1, -0.05) is 27.7 Å². The first-order valence-electron chi connectivity index (χ1n) is 6.10. The third-order valence-electron chi connectivity index (χ3n) is 2.60. The van der Waals surface area contributed by atoms with E-state index in [1.54, 1.807) is 18.3 Å². The fraction of sp³-hybridized carbons (Fsp3) is 0.0714. The molecule has 106 valence electrons. The summed E-state index contributed by atoms with van der Waals surface area (Å²) >= 11 is 4.58. The van der Waals surface area contributed by atoms with E-state index in [0.29, 0.717) is 16.5 Å². The van der Waals surface area contributed by atoms with Crippen molar-refractivity contribution < 1.29 is 9.21 Å². The van der Waals surface area contributed by atoms with Crippen molar-refractivity contribution >= 4 is 50.5 Å². The van der Waals surface area contributed by atoms with Crippen LogP contribution in [0.25, 0.3) is 11.2 Å². The van der Waals surface area contributed by atoms with E-state index in [9.17, 15) is 4.79 Å². The van der Waals surface area contributed by atoms with Crippen molar-refractivity contribution in [3.05, 3.63) is 47.1 Å². The molecule has 2 aromatic heterocycles. The number of benzene rings is 1. The number of fused-ring (bicyclic) bond motifs is 1. The molecule has 1 N–H and O–H groups in total. The molecule has 0 fully saturated rings. The Morgan fingerprint density at radius 1 is 1.29 bits per heavy atom. The van der Waals surface area contributed by atoms with Crippen LogP contribution in [0.5, 0.6) is 0 Å². The Balaban J connectivity index is 1.59. The Bertz CT molecular complexity index is 740. The first kappa shape index (κ1) is 14.1. The highest BCUT2D eigenvalue weighted by atomic mass is 79.9. The van der Waals surface area contributed by atoms with Gasteiger partial charge in [0.15, 0.2) is 11.2 Å². The Labute approximate surface area is 133 Å². The van der Waals surface area contributed by atoms with E-state index < -0.39 is 0 Å². The zero-order valence-electron chi connectivity index (χ0n) is 10.7. The highest BCUT2D eigenvalue weighted by Crippen LogP contribution is 2.22. The second kappa shape index (κ2) is 6.28. The Kier molecular flexibility index (Phi) is 4.21. The summed E-state index contributed by atoms with van der Waals surface area (Å²) in [6.45, 7) is 0. The zero-order valence-corrected chi connectivity index (χ0v) is 13.1. The topological polar surface area (TPSA) is 68.0 Å². The van der Waals surface area contributed by atoms with Crippen LogP contribution >= 0.6 is 27.7 Å². The Morgan fingerprint density at radius 2 is 2.10 bits per heavy atom. The van der Waals surface area contributed by atoms with Gasteiger partial charge in [0.05, 0.1) is 5.75 Å². The van der Waals surface area contributed by atoms with E-state index >= 15 is 0 Å². The summed E-state index contributed by atoms with van der Waals surface area (Å²) < 4.78 is 6.45. The number of carbonyl (C=O) groups is 1. The van der Waals surface area contributed by atoms with E-state index in [-0.39, 0.29) is 11.7 Å². The smallest absolute Gasteiger partial charge is 0.258 e. The number of aromatic nitrogens is 2. The lowest BCUT2D eigenvalue weighted by atomic mass is 10.3. The van der Waals surface area contributed by atoms with Crippen molar-refractivity contribution in [2.24, 2.45) is 0 Å². The lowest BCUT2D eigenvalue weighted by molar-refractivity contribution is -0.113. The summed E-state index contributed by atoms with van der Waals surface area (Å²) in [5, 5.41) is 3.25. The number of halogens is 1. The number of oxazole rings is 1. The van der Waals surface area contributed by atoms with Crippen LogP contribution in [0.1, 0.15) is 0 Å². The molecule has 3 rings (SSSR count). The van der Waals surface area contributed by atoms with Gasteiger partial charge in [-0.2, -0.15) is 4.98 Å². The minimum Gasteiger partial charge on any atom is -0.430 e. The number of nitrogens with one attached hydrogen (secondary N) is 1. The van der Waals surface area contributed by atoms with Crippen LogP contribution in [0.4, 0.5) is 5.69 Å². The number of amides is 1. The van der Waals surface area contributed by atoms with Crippen LogP contribution in [0, 0.1) is 0 Å². The molecule has 0 aliphatic carbocycles. The lowest BCUT2D eigenvalue weighted by Gasteiger charge is -2.03. The van der Waals surface area contributed by atoms with Crippen LogP contribution in [-0.4, -0.2) is 21.6 Å². The molecule has 3 aromatic rings. The monoisotopic (exact) mass is 363 g/mol. The largest absolute Gasteiger partial charge is 0.430 e. The van der Waals surface area contributed by atoms with Gasteiger partial charge in [0.2, 0.25) is 5.91 Å². The summed E-state index contributed by atoms with van der Waals surface area (Å²) in [7, 11) is 0. The predicted molar refractivity (Wildman–Crippen MR) is 85.3 cm³/mol. The maximum absolute atomic E-state index is 11.9. The lowest BCUT2D eigenvalue weighted by Crippen LogP contribution is -2.13. The maximum Gasteiger partial charge on any atom is 0.258 e. The average Bonchev–Trinajstić information content (AvgIpc) is 2.90. The van der Waals surface area contributed by atoms with Gasteiger partial charge in [0, 0.05) is 16.4 Å². The standard InChI is InChI=1S/C14H10BrN3O2S/c15-9-3-5-10(6-4-9)17-12(19)8-21-14-18-13-11(20-14)2-1-7-16-13/h1-7H,8H2,(H,17,19). The molecular weight excluding hydrogens is 354 g/mol. The molecule has 0 radical (unpaired) electrons. The third-order valence-corrected chi connectivity index (χ3v) is 3.96. The molecule has 1 amide bonds. The molecule has 0 unspecified atom stereocenters. The molecule has 21 heavy (non-hydrogen) atoms. The quantitative estimate of drug-likeness (QED) is 0.715. The molecule has 0 saturated heterocycles. The Morgan fingerprint density at radius 3 is 2.86 bits per heavy atom. The van der Waals surface area contributed by atoms with E-state index in [0.717, 1.165) is 10.2 Å². The SMILES string of the molecule is O=C(CSc1nc2ncccc2o1)Nc1ccc(Br)cc1. The number of rotatable bonds is 4. The summed E-state index contributed by atoms with van der Waals surface area (Å²) in [6.07, 6.45) is 1.65. The second-order valence-electron chi connectivity index (χ2n) is 4.15. The van der Waals surface area contributed by atoms with E-state index in [2.05, 4.69) is 31.2 Å². The number of hydrogen-bond acceptors (Lipinski definition) is 5. The molecule has 0 aliphatic heterocycles. The minimum atomic E-state index is -0.113. The van der Waals surface area contributed by atoms with Gasteiger partial charge < -0.3 is 9.73 Å². The fourth-order valence-corrected chi connectivity index (χ4v) is 2.56. The van der Waals surface area contributed by atoms with Crippen molar-refractivity contribution in [3.63, 3.8) is 0 Å². The van der Waals surface area contributed by atoms with Gasteiger partial charge in [0.1, 0.15) is 0 Å². The van der Waals surface area contributed by atoms with Crippen molar-refractivity contribution in [1.29, 1.82) is 0 Å². The maximum atomic E-state index is 11.9. The number of nitrogens with zero attached hydrogens (tertiary/aromatic N) is 2. The molecule has 0 spiro atoms. The minimum absolute atomic E-state index is 0.113. The molecule has 1 aromatic carbocycles. The van der Waals surface area contributed by atoms with Gasteiger partial charge >= 0.3 is 0 Å². The molecular formula is C14H10BrN3O2S.